The molecule has 0 aliphatic heterocycles. The summed E-state index contributed by atoms with van der Waals surface area (Å²) < 4.78 is 0. The number of amides is 1. The van der Waals surface area contributed by atoms with Gasteiger partial charge >= 0.3 is 0 Å². The Bertz CT molecular complexity index is 417. The van der Waals surface area contributed by atoms with Crippen molar-refractivity contribution in [3.8, 4) is 11.8 Å². The third-order valence-electron chi connectivity index (χ3n) is 2.09. The van der Waals surface area contributed by atoms with E-state index >= 15 is 0 Å². The van der Waals surface area contributed by atoms with Crippen molar-refractivity contribution in [2.75, 3.05) is 11.9 Å². The summed E-state index contributed by atoms with van der Waals surface area (Å²) in [4.78, 5) is 16.3. The summed E-state index contributed by atoms with van der Waals surface area (Å²) in [5.74, 6) is 5.22. The van der Waals surface area contributed by atoms with Crippen molar-refractivity contribution in [3.63, 3.8) is 0 Å². The molecule has 16 heavy (non-hydrogen) atoms. The van der Waals surface area contributed by atoms with Crippen molar-refractivity contribution in [1.29, 1.82) is 0 Å². The molecule has 1 aromatic rings. The number of aliphatic hydroxyl groups is 1. The van der Waals surface area contributed by atoms with Gasteiger partial charge in [-0.05, 0) is 6.42 Å². The van der Waals surface area contributed by atoms with Crippen LogP contribution in [-0.2, 0) is 4.79 Å². The van der Waals surface area contributed by atoms with Gasteiger partial charge in [-0.15, -0.1) is 0 Å². The first-order valence-electron chi connectivity index (χ1n) is 5.03. The number of nitrogens with zero attached hydrogens (tertiary/aromatic N) is 1. The largest absolute Gasteiger partial charge is 0.384 e. The summed E-state index contributed by atoms with van der Waals surface area (Å²) in [5, 5.41) is 11.8. The lowest BCUT2D eigenvalue weighted by Crippen LogP contribution is -2.19. The number of hydrogen-bond donors (Lipinski definition) is 2. The molecule has 1 heterocycles. The van der Waals surface area contributed by atoms with Gasteiger partial charge in [0.25, 0.3) is 0 Å². The molecule has 2 N–H and O–H groups in total. The summed E-state index contributed by atoms with van der Waals surface area (Å²) in [6.07, 6.45) is 2.38. The lowest BCUT2D eigenvalue weighted by atomic mass is 10.1. The van der Waals surface area contributed by atoms with Crippen LogP contribution in [0.15, 0.2) is 6.20 Å². The highest BCUT2D eigenvalue weighted by Crippen LogP contribution is 2.18. The predicted octanol–water partition coefficient (Wildman–Crippen LogP) is 1.47. The number of hydrogen-bond acceptors (Lipinski definition) is 4. The summed E-state index contributed by atoms with van der Waals surface area (Å²) in [5.41, 5.74) is 0. The minimum Gasteiger partial charge on any atom is -0.384 e. The number of anilines is 1. The molecule has 1 rings (SSSR count). The lowest BCUT2D eigenvalue weighted by Gasteiger charge is -2.06. The van der Waals surface area contributed by atoms with Crippen molar-refractivity contribution in [3.05, 3.63) is 11.1 Å². The Balaban J connectivity index is 2.62. The van der Waals surface area contributed by atoms with E-state index in [-0.39, 0.29) is 18.4 Å². The predicted molar refractivity (Wildman–Crippen MR) is 64.2 cm³/mol. The molecule has 0 bridgehead atoms. The fourth-order valence-corrected chi connectivity index (χ4v) is 1.62. The smallest absolute Gasteiger partial charge is 0.228 e. The Morgan fingerprint density at radius 2 is 2.50 bits per heavy atom. The van der Waals surface area contributed by atoms with Crippen molar-refractivity contribution < 1.29 is 9.90 Å². The van der Waals surface area contributed by atoms with Gasteiger partial charge in [-0.1, -0.05) is 37.0 Å². The zero-order valence-corrected chi connectivity index (χ0v) is 10.1. The summed E-state index contributed by atoms with van der Waals surface area (Å²) >= 11 is 1.30. The first kappa shape index (κ1) is 12.7. The zero-order chi connectivity index (χ0) is 12.0. The van der Waals surface area contributed by atoms with Crippen LogP contribution >= 0.6 is 11.3 Å². The fraction of sp³-hybridized carbons (Fsp3) is 0.455. The first-order valence-corrected chi connectivity index (χ1v) is 5.85. The van der Waals surface area contributed by atoms with Crippen LogP contribution in [-0.4, -0.2) is 22.6 Å². The Morgan fingerprint density at radius 1 is 1.75 bits per heavy atom. The molecule has 4 nitrogen and oxygen atoms in total. The average Bonchev–Trinajstić information content (AvgIpc) is 2.72. The molecular formula is C11H14N2O2S. The van der Waals surface area contributed by atoms with Gasteiger partial charge in [-0.2, -0.15) is 0 Å². The first-order chi connectivity index (χ1) is 7.67. The topological polar surface area (TPSA) is 62.2 Å². The van der Waals surface area contributed by atoms with E-state index < -0.39 is 0 Å². The molecule has 86 valence electrons. The molecule has 0 saturated carbocycles. The molecular weight excluding hydrogens is 224 g/mol. The van der Waals surface area contributed by atoms with Crippen LogP contribution < -0.4 is 5.32 Å². The van der Waals surface area contributed by atoms with Crippen molar-refractivity contribution in [2.24, 2.45) is 5.92 Å². The van der Waals surface area contributed by atoms with Gasteiger partial charge in [-0.3, -0.25) is 4.79 Å². The van der Waals surface area contributed by atoms with Gasteiger partial charge in [0.1, 0.15) is 6.61 Å². The molecule has 0 aromatic carbocycles. The number of thiazole rings is 1. The van der Waals surface area contributed by atoms with Gasteiger partial charge in [-0.25, -0.2) is 4.98 Å². The van der Waals surface area contributed by atoms with Gasteiger partial charge in [0, 0.05) is 5.92 Å². The maximum atomic E-state index is 11.5. The molecule has 1 atom stereocenters. The third-order valence-corrected chi connectivity index (χ3v) is 2.91. The maximum absolute atomic E-state index is 11.5. The third kappa shape index (κ3) is 3.65. The maximum Gasteiger partial charge on any atom is 0.228 e. The minimum atomic E-state index is -0.174. The molecule has 5 heteroatoms. The van der Waals surface area contributed by atoms with Crippen molar-refractivity contribution in [2.45, 2.75) is 20.3 Å². The molecule has 0 fully saturated rings. The summed E-state index contributed by atoms with van der Waals surface area (Å²) in [7, 11) is 0. The summed E-state index contributed by atoms with van der Waals surface area (Å²) in [6.45, 7) is 3.66. The average molecular weight is 238 g/mol. The Morgan fingerprint density at radius 3 is 3.12 bits per heavy atom. The molecule has 1 unspecified atom stereocenters. The second kappa shape index (κ2) is 6.26. The van der Waals surface area contributed by atoms with E-state index in [0.717, 1.165) is 11.3 Å². The van der Waals surface area contributed by atoms with E-state index in [9.17, 15) is 4.79 Å². The minimum absolute atomic E-state index is 0.0177. The highest BCUT2D eigenvalue weighted by atomic mass is 32.1. The lowest BCUT2D eigenvalue weighted by molar-refractivity contribution is -0.119. The zero-order valence-electron chi connectivity index (χ0n) is 9.28. The highest BCUT2D eigenvalue weighted by molar-refractivity contribution is 7.16. The van der Waals surface area contributed by atoms with E-state index in [1.165, 1.54) is 11.3 Å². The van der Waals surface area contributed by atoms with Crippen LogP contribution in [0.4, 0.5) is 5.13 Å². The summed E-state index contributed by atoms with van der Waals surface area (Å²) in [6, 6.07) is 0. The SMILES string of the molecule is CCC(C)C(=O)Nc1ncc(C#CCO)s1. The Kier molecular flexibility index (Phi) is 4.96. The molecule has 0 aliphatic carbocycles. The monoisotopic (exact) mass is 238 g/mol. The fourth-order valence-electron chi connectivity index (χ4n) is 0.930. The van der Waals surface area contributed by atoms with E-state index in [1.54, 1.807) is 6.20 Å². The second-order valence-electron chi connectivity index (χ2n) is 3.29. The molecule has 0 radical (unpaired) electrons. The molecule has 0 aliphatic rings. The number of carbonyl (C=O) groups is 1. The van der Waals surface area contributed by atoms with Crippen LogP contribution in [0.5, 0.6) is 0 Å². The van der Waals surface area contributed by atoms with E-state index in [1.807, 2.05) is 13.8 Å². The molecule has 0 spiro atoms. The normalized spacial score (nSPS) is 11.4. The van der Waals surface area contributed by atoms with E-state index in [2.05, 4.69) is 22.1 Å². The standard InChI is InChI=1S/C11H14N2O2S/c1-3-8(2)10(15)13-11-12-7-9(16-11)5-4-6-14/h7-8,14H,3,6H2,1-2H3,(H,12,13,15). The van der Waals surface area contributed by atoms with Crippen molar-refractivity contribution in [1.82, 2.24) is 4.98 Å². The van der Waals surface area contributed by atoms with Crippen LogP contribution in [0.2, 0.25) is 0 Å². The highest BCUT2D eigenvalue weighted by Gasteiger charge is 2.11. The van der Waals surface area contributed by atoms with Crippen LogP contribution in [0.25, 0.3) is 0 Å². The number of aliphatic hydroxyl groups excluding tert-OH is 1. The number of carbonyl (C=O) groups excluding carboxylic acids is 1. The number of rotatable bonds is 3. The second-order valence-corrected chi connectivity index (χ2v) is 4.32. The van der Waals surface area contributed by atoms with Gasteiger partial charge in [0.15, 0.2) is 5.13 Å². The van der Waals surface area contributed by atoms with Crippen LogP contribution in [0, 0.1) is 17.8 Å². The van der Waals surface area contributed by atoms with Gasteiger partial charge in [0.05, 0.1) is 11.1 Å². The van der Waals surface area contributed by atoms with Crippen molar-refractivity contribution >= 4 is 22.4 Å². The van der Waals surface area contributed by atoms with E-state index in [4.69, 9.17) is 5.11 Å². The molecule has 1 aromatic heterocycles. The number of nitrogens with one attached hydrogen (secondary N) is 1. The Hall–Kier alpha value is -1.38. The van der Waals surface area contributed by atoms with Crippen LogP contribution in [0.1, 0.15) is 25.1 Å². The van der Waals surface area contributed by atoms with E-state index in [0.29, 0.717) is 5.13 Å². The van der Waals surface area contributed by atoms with Crippen LogP contribution in [0.3, 0.4) is 0 Å². The quantitative estimate of drug-likeness (QED) is 0.784. The van der Waals surface area contributed by atoms with Gasteiger partial charge < -0.3 is 10.4 Å². The Labute approximate surface area is 98.7 Å². The molecule has 0 saturated heterocycles. The molecule has 1 amide bonds. The number of aromatic nitrogens is 1. The van der Waals surface area contributed by atoms with Gasteiger partial charge in [0.2, 0.25) is 5.91 Å².